The summed E-state index contributed by atoms with van der Waals surface area (Å²) in [5, 5.41) is 0. The Morgan fingerprint density at radius 2 is 1.96 bits per heavy atom. The number of nitrogens with zero attached hydrogens (tertiary/aromatic N) is 2. The minimum atomic E-state index is 0.789. The molecule has 2 heterocycles. The zero-order chi connectivity index (χ0) is 16.4. The van der Waals surface area contributed by atoms with Crippen molar-refractivity contribution in [3.63, 3.8) is 0 Å². The molecule has 3 nitrogen and oxygen atoms in total. The number of hydrogen-bond donors (Lipinski definition) is 0. The molecule has 0 saturated carbocycles. The van der Waals surface area contributed by atoms with Crippen LogP contribution in [0.5, 0.6) is 0 Å². The molecule has 4 rings (SSSR count). The van der Waals surface area contributed by atoms with Gasteiger partial charge in [-0.15, -0.1) is 0 Å². The van der Waals surface area contributed by atoms with Crippen LogP contribution in [0.2, 0.25) is 0 Å². The van der Waals surface area contributed by atoms with Crippen molar-refractivity contribution in [2.45, 2.75) is 26.3 Å². The van der Waals surface area contributed by atoms with Gasteiger partial charge in [-0.25, -0.2) is 4.98 Å². The zero-order valence-corrected chi connectivity index (χ0v) is 14.0. The maximum Gasteiger partial charge on any atom is 0.222 e. The quantitative estimate of drug-likeness (QED) is 0.699. The summed E-state index contributed by atoms with van der Waals surface area (Å²) in [5.74, 6) is 0.789. The van der Waals surface area contributed by atoms with E-state index >= 15 is 0 Å². The first-order valence-corrected chi connectivity index (χ1v) is 8.67. The van der Waals surface area contributed by atoms with Crippen molar-refractivity contribution < 1.29 is 4.42 Å². The first-order chi connectivity index (χ1) is 11.8. The van der Waals surface area contributed by atoms with Gasteiger partial charge < -0.3 is 4.42 Å². The number of aromatic nitrogens is 1. The molecule has 0 atom stereocenters. The summed E-state index contributed by atoms with van der Waals surface area (Å²) in [7, 11) is 0. The summed E-state index contributed by atoms with van der Waals surface area (Å²) in [4.78, 5) is 7.16. The maximum atomic E-state index is 5.96. The van der Waals surface area contributed by atoms with Crippen molar-refractivity contribution in [1.29, 1.82) is 0 Å². The van der Waals surface area contributed by atoms with E-state index in [9.17, 15) is 0 Å². The molecule has 2 aromatic carbocycles. The normalized spacial score (nSPS) is 15.6. The fraction of sp³-hybridized carbons (Fsp3) is 0.286. The van der Waals surface area contributed by atoms with Gasteiger partial charge in [0.1, 0.15) is 5.52 Å². The summed E-state index contributed by atoms with van der Waals surface area (Å²) in [5.41, 5.74) is 5.75. The molecule has 0 spiro atoms. The summed E-state index contributed by atoms with van der Waals surface area (Å²) in [6.45, 7) is 5.15. The average molecular weight is 318 g/mol. The lowest BCUT2D eigenvalue weighted by Crippen LogP contribution is -2.28. The SMILES string of the molecule is CCc1ccc2oc(C3=CCN(Cc4ccccc4)CC3)nc2c1. The van der Waals surface area contributed by atoms with E-state index in [-0.39, 0.29) is 0 Å². The Labute approximate surface area is 142 Å². The highest BCUT2D eigenvalue weighted by Crippen LogP contribution is 2.26. The number of aryl methyl sites for hydroxylation is 1. The van der Waals surface area contributed by atoms with E-state index in [2.05, 4.69) is 60.4 Å². The number of rotatable bonds is 4. The summed E-state index contributed by atoms with van der Waals surface area (Å²) >= 11 is 0. The minimum absolute atomic E-state index is 0.789. The van der Waals surface area contributed by atoms with Crippen LogP contribution < -0.4 is 0 Å². The largest absolute Gasteiger partial charge is 0.436 e. The summed E-state index contributed by atoms with van der Waals surface area (Å²) in [6.07, 6.45) is 4.27. The van der Waals surface area contributed by atoms with Gasteiger partial charge in [0, 0.05) is 25.2 Å². The predicted octanol–water partition coefficient (Wildman–Crippen LogP) is 4.68. The van der Waals surface area contributed by atoms with Gasteiger partial charge in [0.2, 0.25) is 5.89 Å². The Kier molecular flexibility index (Phi) is 4.18. The van der Waals surface area contributed by atoms with Gasteiger partial charge in [-0.3, -0.25) is 4.90 Å². The summed E-state index contributed by atoms with van der Waals surface area (Å²) < 4.78 is 5.96. The molecule has 0 N–H and O–H groups in total. The Morgan fingerprint density at radius 1 is 1.08 bits per heavy atom. The molecule has 0 amide bonds. The van der Waals surface area contributed by atoms with Gasteiger partial charge in [0.15, 0.2) is 5.58 Å². The van der Waals surface area contributed by atoms with Gasteiger partial charge in [-0.1, -0.05) is 49.4 Å². The molecule has 3 aromatic rings. The minimum Gasteiger partial charge on any atom is -0.436 e. The first kappa shape index (κ1) is 15.2. The molecule has 0 saturated heterocycles. The highest BCUT2D eigenvalue weighted by molar-refractivity contribution is 5.76. The van der Waals surface area contributed by atoms with Gasteiger partial charge in [0.05, 0.1) is 0 Å². The first-order valence-electron chi connectivity index (χ1n) is 8.67. The van der Waals surface area contributed by atoms with Crippen molar-refractivity contribution >= 4 is 16.7 Å². The molecule has 0 unspecified atom stereocenters. The van der Waals surface area contributed by atoms with E-state index in [1.165, 1.54) is 16.7 Å². The fourth-order valence-corrected chi connectivity index (χ4v) is 3.22. The van der Waals surface area contributed by atoms with E-state index < -0.39 is 0 Å². The second-order valence-electron chi connectivity index (χ2n) is 6.37. The predicted molar refractivity (Wildman–Crippen MR) is 97.7 cm³/mol. The van der Waals surface area contributed by atoms with Gasteiger partial charge in [-0.05, 0) is 36.1 Å². The van der Waals surface area contributed by atoms with Gasteiger partial charge in [-0.2, -0.15) is 0 Å². The molecular weight excluding hydrogens is 296 g/mol. The van der Waals surface area contributed by atoms with Crippen molar-refractivity contribution in [2.75, 3.05) is 13.1 Å². The van der Waals surface area contributed by atoms with Crippen molar-refractivity contribution in [3.05, 3.63) is 71.6 Å². The second kappa shape index (κ2) is 6.62. The average Bonchev–Trinajstić information content (AvgIpc) is 3.06. The van der Waals surface area contributed by atoms with E-state index in [1.54, 1.807) is 0 Å². The maximum absolute atomic E-state index is 5.96. The Balaban J connectivity index is 1.49. The van der Waals surface area contributed by atoms with Crippen LogP contribution in [0.15, 0.2) is 59.0 Å². The lowest BCUT2D eigenvalue weighted by molar-refractivity contribution is 0.292. The van der Waals surface area contributed by atoms with Crippen molar-refractivity contribution in [1.82, 2.24) is 9.88 Å². The lowest BCUT2D eigenvalue weighted by atomic mass is 10.1. The monoisotopic (exact) mass is 318 g/mol. The van der Waals surface area contributed by atoms with Crippen LogP contribution in [0.1, 0.15) is 30.4 Å². The lowest BCUT2D eigenvalue weighted by Gasteiger charge is -2.25. The highest BCUT2D eigenvalue weighted by atomic mass is 16.3. The van der Waals surface area contributed by atoms with Crippen molar-refractivity contribution in [2.24, 2.45) is 0 Å². The van der Waals surface area contributed by atoms with Crippen LogP contribution in [0.4, 0.5) is 0 Å². The van der Waals surface area contributed by atoms with Crippen molar-refractivity contribution in [3.8, 4) is 0 Å². The summed E-state index contributed by atoms with van der Waals surface area (Å²) in [6, 6.07) is 16.9. The van der Waals surface area contributed by atoms with Crippen LogP contribution in [0.25, 0.3) is 16.7 Å². The highest BCUT2D eigenvalue weighted by Gasteiger charge is 2.17. The Hall–Kier alpha value is -2.39. The van der Waals surface area contributed by atoms with Gasteiger partial charge in [0.25, 0.3) is 0 Å². The van der Waals surface area contributed by atoms with Crippen LogP contribution in [0.3, 0.4) is 0 Å². The number of hydrogen-bond acceptors (Lipinski definition) is 3. The topological polar surface area (TPSA) is 29.3 Å². The number of fused-ring (bicyclic) bond motifs is 1. The van der Waals surface area contributed by atoms with Crippen LogP contribution in [0, 0.1) is 0 Å². The third-order valence-corrected chi connectivity index (χ3v) is 4.68. The van der Waals surface area contributed by atoms with E-state index in [0.29, 0.717) is 0 Å². The molecule has 0 aliphatic carbocycles. The molecule has 0 fully saturated rings. The van der Waals surface area contributed by atoms with Crippen LogP contribution in [-0.2, 0) is 13.0 Å². The molecule has 0 radical (unpaired) electrons. The van der Waals surface area contributed by atoms with E-state index in [0.717, 1.165) is 49.5 Å². The Bertz CT molecular complexity index is 864. The number of benzene rings is 2. The third kappa shape index (κ3) is 3.13. The second-order valence-corrected chi connectivity index (χ2v) is 6.37. The van der Waals surface area contributed by atoms with Crippen LogP contribution >= 0.6 is 0 Å². The fourth-order valence-electron chi connectivity index (χ4n) is 3.22. The molecule has 24 heavy (non-hydrogen) atoms. The molecule has 122 valence electrons. The molecule has 1 aliphatic rings. The van der Waals surface area contributed by atoms with E-state index in [4.69, 9.17) is 9.40 Å². The standard InChI is InChI=1S/C21H22N2O/c1-2-16-8-9-20-19(14-16)22-21(24-20)18-10-12-23(13-11-18)15-17-6-4-3-5-7-17/h3-10,14H,2,11-13,15H2,1H3. The Morgan fingerprint density at radius 3 is 2.71 bits per heavy atom. The smallest absolute Gasteiger partial charge is 0.222 e. The van der Waals surface area contributed by atoms with E-state index in [1.807, 2.05) is 6.07 Å². The van der Waals surface area contributed by atoms with Gasteiger partial charge >= 0.3 is 0 Å². The molecule has 3 heteroatoms. The molecule has 0 bridgehead atoms. The number of oxazole rings is 1. The third-order valence-electron chi connectivity index (χ3n) is 4.68. The van der Waals surface area contributed by atoms with Crippen LogP contribution in [-0.4, -0.2) is 23.0 Å². The molecular formula is C21H22N2O. The zero-order valence-electron chi connectivity index (χ0n) is 14.0. The molecule has 1 aromatic heterocycles. The molecule has 1 aliphatic heterocycles.